The van der Waals surface area contributed by atoms with Crippen LogP contribution in [0.3, 0.4) is 0 Å². The van der Waals surface area contributed by atoms with Crippen LogP contribution in [-0.4, -0.2) is 61.8 Å². The summed E-state index contributed by atoms with van der Waals surface area (Å²) in [6.45, 7) is 10.8. The molecule has 8 nitrogen and oxygen atoms in total. The molecule has 1 N–H and O–H groups in total. The first kappa shape index (κ1) is 24.3. The maximum atomic E-state index is 14.0. The number of likely N-dealkylation sites (N-methyl/N-ethyl adjacent to an activating group) is 1. The summed E-state index contributed by atoms with van der Waals surface area (Å²) in [7, 11) is 1.17. The summed E-state index contributed by atoms with van der Waals surface area (Å²) in [5.41, 5.74) is 2.21. The largest absolute Gasteiger partial charge is 0.452 e. The number of nitrogens with one attached hydrogen (secondary N) is 1. The van der Waals surface area contributed by atoms with Crippen molar-refractivity contribution in [3.8, 4) is 0 Å². The second-order valence-electron chi connectivity index (χ2n) is 7.87. The van der Waals surface area contributed by atoms with Gasteiger partial charge in [-0.15, -0.1) is 0 Å². The van der Waals surface area contributed by atoms with Gasteiger partial charge in [0.1, 0.15) is 5.82 Å². The summed E-state index contributed by atoms with van der Waals surface area (Å²) in [5.74, 6) is -1.75. The van der Waals surface area contributed by atoms with E-state index in [9.17, 15) is 18.8 Å². The first-order valence-electron chi connectivity index (χ1n) is 11.0. The van der Waals surface area contributed by atoms with Gasteiger partial charge in [-0.1, -0.05) is 20.8 Å². The third-order valence-electron chi connectivity index (χ3n) is 5.99. The molecule has 0 aromatic heterocycles. The minimum absolute atomic E-state index is 0.122. The number of benzene rings is 1. The molecule has 0 radical (unpaired) electrons. The van der Waals surface area contributed by atoms with Crippen LogP contribution >= 0.6 is 0 Å². The fourth-order valence-corrected chi connectivity index (χ4v) is 4.12. The molecule has 1 unspecified atom stereocenters. The van der Waals surface area contributed by atoms with Crippen molar-refractivity contribution < 1.29 is 23.5 Å². The van der Waals surface area contributed by atoms with E-state index in [1.165, 1.54) is 31.4 Å². The quantitative estimate of drug-likeness (QED) is 0.637. The number of allylic oxidation sites excluding steroid dienone is 2. The molecule has 1 atom stereocenters. The summed E-state index contributed by atoms with van der Waals surface area (Å²) >= 11 is 0. The van der Waals surface area contributed by atoms with E-state index >= 15 is 0 Å². The molecule has 33 heavy (non-hydrogen) atoms. The third-order valence-corrected chi connectivity index (χ3v) is 5.99. The number of imide groups is 1. The van der Waals surface area contributed by atoms with Gasteiger partial charge < -0.3 is 15.0 Å². The molecule has 0 bridgehead atoms. The van der Waals surface area contributed by atoms with Crippen LogP contribution in [0.25, 0.3) is 5.57 Å². The van der Waals surface area contributed by atoms with E-state index in [0.29, 0.717) is 23.5 Å². The monoisotopic (exact) mass is 456 g/mol. The van der Waals surface area contributed by atoms with Crippen molar-refractivity contribution in [2.24, 2.45) is 10.9 Å². The van der Waals surface area contributed by atoms with Gasteiger partial charge in [0.25, 0.3) is 5.91 Å². The van der Waals surface area contributed by atoms with Gasteiger partial charge in [0.05, 0.1) is 18.4 Å². The van der Waals surface area contributed by atoms with Crippen LogP contribution in [0.1, 0.15) is 33.3 Å². The zero-order chi connectivity index (χ0) is 24.3. The summed E-state index contributed by atoms with van der Waals surface area (Å²) in [6, 6.07) is 3.73. The van der Waals surface area contributed by atoms with Crippen molar-refractivity contribution >= 4 is 34.9 Å². The van der Waals surface area contributed by atoms with Gasteiger partial charge in [-0.25, -0.2) is 14.1 Å². The van der Waals surface area contributed by atoms with Crippen molar-refractivity contribution in [1.82, 2.24) is 10.2 Å². The Balaban J connectivity index is 1.83. The van der Waals surface area contributed by atoms with Crippen LogP contribution in [0.2, 0.25) is 0 Å². The number of hydrogen-bond donors (Lipinski definition) is 1. The number of ether oxygens (including phenoxy) is 1. The van der Waals surface area contributed by atoms with Gasteiger partial charge in [0.2, 0.25) is 5.91 Å². The molecule has 3 rings (SSSR count). The van der Waals surface area contributed by atoms with Crippen molar-refractivity contribution in [2.45, 2.75) is 27.7 Å². The van der Waals surface area contributed by atoms with Gasteiger partial charge in [0.15, 0.2) is 0 Å². The lowest BCUT2D eigenvalue weighted by atomic mass is 9.94. The normalized spacial score (nSPS) is 18.8. The molecular weight excluding hydrogens is 427 g/mol. The number of hydrogen-bond acceptors (Lipinski definition) is 6. The van der Waals surface area contributed by atoms with Crippen molar-refractivity contribution in [1.29, 1.82) is 0 Å². The van der Waals surface area contributed by atoms with Gasteiger partial charge >= 0.3 is 6.09 Å². The Kier molecular flexibility index (Phi) is 7.43. The maximum absolute atomic E-state index is 14.0. The number of carbonyl (C=O) groups excluding carboxylic acids is 3. The lowest BCUT2D eigenvalue weighted by Crippen LogP contribution is -2.36. The number of methoxy groups -OCH3 is 1. The Labute approximate surface area is 192 Å². The summed E-state index contributed by atoms with van der Waals surface area (Å²) < 4.78 is 18.7. The SMILES string of the molecule is CCN(CC)CCNC(=O)C1=C(C)N=C(/C=C2\C(=O)N(C(=O)OC)c3ccc(F)cc32)C1C. The Morgan fingerprint density at radius 3 is 2.64 bits per heavy atom. The maximum Gasteiger partial charge on any atom is 0.421 e. The Hall–Kier alpha value is -3.33. The van der Waals surface area contributed by atoms with E-state index in [2.05, 4.69) is 29.1 Å². The number of nitrogens with zero attached hydrogens (tertiary/aromatic N) is 3. The molecule has 1 aromatic rings. The molecule has 0 fully saturated rings. The average molecular weight is 457 g/mol. The van der Waals surface area contributed by atoms with Crippen LogP contribution < -0.4 is 10.2 Å². The van der Waals surface area contributed by atoms with Crippen LogP contribution in [0.5, 0.6) is 0 Å². The number of aliphatic imine (C=N–C) groups is 1. The van der Waals surface area contributed by atoms with E-state index in [1.807, 2.05) is 6.92 Å². The van der Waals surface area contributed by atoms with Gasteiger partial charge in [-0.3, -0.25) is 14.6 Å². The molecular formula is C24H29FN4O4. The second kappa shape index (κ2) is 10.1. The Morgan fingerprint density at radius 1 is 1.30 bits per heavy atom. The smallest absolute Gasteiger partial charge is 0.421 e. The summed E-state index contributed by atoms with van der Waals surface area (Å²) in [5, 5.41) is 2.94. The molecule has 3 amide bonds. The molecule has 1 aromatic carbocycles. The zero-order valence-corrected chi connectivity index (χ0v) is 19.6. The lowest BCUT2D eigenvalue weighted by molar-refractivity contribution is -0.118. The topological polar surface area (TPSA) is 91.3 Å². The van der Waals surface area contributed by atoms with Crippen molar-refractivity contribution in [2.75, 3.05) is 38.2 Å². The molecule has 2 aliphatic rings. The molecule has 0 spiro atoms. The molecule has 176 valence electrons. The molecule has 0 saturated carbocycles. The Morgan fingerprint density at radius 2 is 2.00 bits per heavy atom. The number of anilines is 1. The number of carbonyl (C=O) groups is 3. The summed E-state index contributed by atoms with van der Waals surface area (Å²) in [6.07, 6.45) is 0.661. The van der Waals surface area contributed by atoms with Crippen LogP contribution in [0.4, 0.5) is 14.9 Å². The molecule has 2 aliphatic heterocycles. The van der Waals surface area contributed by atoms with Crippen molar-refractivity contribution in [3.05, 3.63) is 46.9 Å². The first-order valence-corrected chi connectivity index (χ1v) is 11.0. The van der Waals surface area contributed by atoms with E-state index in [1.54, 1.807) is 6.92 Å². The lowest BCUT2D eigenvalue weighted by Gasteiger charge is -2.18. The molecule has 2 heterocycles. The van der Waals surface area contributed by atoms with Crippen LogP contribution in [0, 0.1) is 11.7 Å². The molecule has 0 aliphatic carbocycles. The highest BCUT2D eigenvalue weighted by Gasteiger charge is 2.39. The van der Waals surface area contributed by atoms with Crippen LogP contribution in [-0.2, 0) is 14.3 Å². The highest BCUT2D eigenvalue weighted by Crippen LogP contribution is 2.39. The predicted molar refractivity (Wildman–Crippen MR) is 124 cm³/mol. The van der Waals surface area contributed by atoms with Gasteiger partial charge in [-0.05, 0) is 44.3 Å². The standard InChI is InChI=1S/C24H29FN4O4/c1-6-28(7-2)11-10-26-22(30)21-14(3)19(27-15(21)4)13-18-17-12-16(25)8-9-20(17)29(23(18)31)24(32)33-5/h8-9,12-14H,6-7,10-11H2,1-5H3,(H,26,30)/b18-13-. The van der Waals surface area contributed by atoms with Gasteiger partial charge in [-0.2, -0.15) is 0 Å². The minimum Gasteiger partial charge on any atom is -0.452 e. The fraction of sp³-hybridized carbons (Fsp3) is 0.417. The summed E-state index contributed by atoms with van der Waals surface area (Å²) in [4.78, 5) is 45.6. The molecule has 0 saturated heterocycles. The van der Waals surface area contributed by atoms with E-state index in [-0.39, 0.29) is 28.6 Å². The predicted octanol–water partition coefficient (Wildman–Crippen LogP) is 3.14. The van der Waals surface area contributed by atoms with Crippen LogP contribution in [0.15, 0.2) is 40.5 Å². The average Bonchev–Trinajstić information content (AvgIpc) is 3.22. The Bertz CT molecular complexity index is 1070. The first-order chi connectivity index (χ1) is 15.7. The minimum atomic E-state index is -0.861. The number of halogens is 1. The highest BCUT2D eigenvalue weighted by molar-refractivity contribution is 6.41. The molecule has 9 heteroatoms. The highest BCUT2D eigenvalue weighted by atomic mass is 19.1. The van der Waals surface area contributed by atoms with Crippen molar-refractivity contribution in [3.63, 3.8) is 0 Å². The van der Waals surface area contributed by atoms with E-state index < -0.39 is 17.8 Å². The zero-order valence-electron chi connectivity index (χ0n) is 19.6. The van der Waals surface area contributed by atoms with E-state index in [0.717, 1.165) is 24.5 Å². The number of amides is 3. The number of rotatable bonds is 7. The third kappa shape index (κ3) is 4.73. The second-order valence-corrected chi connectivity index (χ2v) is 7.87. The van der Waals surface area contributed by atoms with Gasteiger partial charge in [0, 0.05) is 41.6 Å². The number of fused-ring (bicyclic) bond motifs is 1. The fourth-order valence-electron chi connectivity index (χ4n) is 4.12. The van der Waals surface area contributed by atoms with E-state index in [4.69, 9.17) is 4.74 Å².